The van der Waals surface area contributed by atoms with Gasteiger partial charge in [0.1, 0.15) is 5.75 Å². The summed E-state index contributed by atoms with van der Waals surface area (Å²) in [6.07, 6.45) is 7.06. The van der Waals surface area contributed by atoms with E-state index in [0.717, 1.165) is 82.8 Å². The molecule has 1 N–H and O–H groups in total. The first-order valence-corrected chi connectivity index (χ1v) is 19.2. The summed E-state index contributed by atoms with van der Waals surface area (Å²) in [5.41, 5.74) is 3.23. The number of alkyl halides is 5. The van der Waals surface area contributed by atoms with Crippen LogP contribution in [0.15, 0.2) is 48.5 Å². The van der Waals surface area contributed by atoms with Gasteiger partial charge in [-0.3, -0.25) is 0 Å². The number of aliphatic hydroxyl groups excluding tert-OH is 1. The Morgan fingerprint density at radius 2 is 1.58 bits per heavy atom. The molecule has 6 atom stereocenters. The van der Waals surface area contributed by atoms with Crippen LogP contribution in [0.3, 0.4) is 0 Å². The molecule has 0 radical (unpaired) electrons. The first-order valence-electron chi connectivity index (χ1n) is 18.0. The highest BCUT2D eigenvalue weighted by Gasteiger charge is 2.57. The molecule has 2 saturated carbocycles. The monoisotopic (exact) mass is 694 g/mol. The Bertz CT molecular complexity index is 1330. The van der Waals surface area contributed by atoms with Crippen LogP contribution in [-0.4, -0.2) is 40.8 Å². The molecule has 0 heterocycles. The average Bonchev–Trinajstić information content (AvgIpc) is 3.36. The largest absolute Gasteiger partial charge is 0.453 e. The number of aliphatic hydroxyl groups is 1. The molecule has 2 aromatic rings. The van der Waals surface area contributed by atoms with Gasteiger partial charge >= 0.3 is 18.1 Å². The minimum Gasteiger partial charge on any atom is -0.423 e. The predicted octanol–water partition coefficient (Wildman–Crippen LogP) is 11.2. The Morgan fingerprint density at radius 3 is 2.31 bits per heavy atom. The fourth-order valence-corrected chi connectivity index (χ4v) is 9.92. The zero-order chi connectivity index (χ0) is 34.4. The van der Waals surface area contributed by atoms with Crippen LogP contribution in [0, 0.1) is 23.2 Å². The summed E-state index contributed by atoms with van der Waals surface area (Å²) in [6, 6.07) is 15.3. The Hall–Kier alpha value is -2.13. The van der Waals surface area contributed by atoms with Gasteiger partial charge in [0, 0.05) is 6.42 Å². The molecule has 2 fully saturated rings. The van der Waals surface area contributed by atoms with Gasteiger partial charge in [-0.1, -0.05) is 69.7 Å². The second kappa shape index (κ2) is 16.3. The van der Waals surface area contributed by atoms with Crippen LogP contribution in [0.4, 0.5) is 22.0 Å². The zero-order valence-electron chi connectivity index (χ0n) is 28.1. The van der Waals surface area contributed by atoms with Gasteiger partial charge in [-0.2, -0.15) is 33.7 Å². The van der Waals surface area contributed by atoms with Crippen molar-refractivity contribution in [1.82, 2.24) is 0 Å². The van der Waals surface area contributed by atoms with Crippen molar-refractivity contribution in [3.05, 3.63) is 65.2 Å². The van der Waals surface area contributed by atoms with Gasteiger partial charge in [-0.25, -0.2) is 4.79 Å². The first kappa shape index (κ1) is 37.1. The summed E-state index contributed by atoms with van der Waals surface area (Å²) < 4.78 is 68.6. The molecule has 9 heteroatoms. The van der Waals surface area contributed by atoms with Crippen molar-refractivity contribution in [2.24, 2.45) is 23.2 Å². The maximum atomic E-state index is 13.0. The molecule has 48 heavy (non-hydrogen) atoms. The molecule has 5 rings (SSSR count). The second-order valence-electron chi connectivity index (χ2n) is 14.7. The third-order valence-corrected chi connectivity index (χ3v) is 12.8. The first-order chi connectivity index (χ1) is 22.9. The normalized spacial score (nSPS) is 26.9. The number of ether oxygens (including phenoxy) is 1. The Kier molecular flexibility index (Phi) is 12.6. The number of thioether (sulfide) groups is 1. The van der Waals surface area contributed by atoms with Gasteiger partial charge in [0.15, 0.2) is 0 Å². The van der Waals surface area contributed by atoms with Crippen molar-refractivity contribution in [3.63, 3.8) is 0 Å². The van der Waals surface area contributed by atoms with Crippen molar-refractivity contribution in [3.8, 4) is 5.75 Å². The SMILES string of the molecule is C[C@]12CC[C@@H]3c4ccc(OC(=O)c5ccccc5)cc4C[C@@H](CCCCCCCCCSCCCC(F)(F)C(F)(F)F)[C@H]3[C@@H]1CC[C@@H]2O. The number of carbonyl (C=O) groups is 1. The fourth-order valence-electron chi connectivity index (χ4n) is 8.96. The smallest absolute Gasteiger partial charge is 0.423 e. The average molecular weight is 695 g/mol. The number of hydrogen-bond acceptors (Lipinski definition) is 4. The molecule has 0 saturated heterocycles. The molecule has 3 nitrogen and oxygen atoms in total. The highest BCUT2D eigenvalue weighted by molar-refractivity contribution is 7.99. The van der Waals surface area contributed by atoms with Gasteiger partial charge in [-0.05, 0) is 127 Å². The van der Waals surface area contributed by atoms with E-state index in [0.29, 0.717) is 40.7 Å². The highest BCUT2D eigenvalue weighted by Crippen LogP contribution is 2.62. The summed E-state index contributed by atoms with van der Waals surface area (Å²) in [5.74, 6) is -1.12. The molecular weight excluding hydrogens is 643 g/mol. The molecule has 0 amide bonds. The second-order valence-corrected chi connectivity index (χ2v) is 15.9. The van der Waals surface area contributed by atoms with Crippen molar-refractivity contribution in [2.45, 2.75) is 127 Å². The molecule has 2 aromatic carbocycles. The van der Waals surface area contributed by atoms with Crippen LogP contribution >= 0.6 is 11.8 Å². The molecule has 0 spiro atoms. The molecule has 0 aromatic heterocycles. The third kappa shape index (κ3) is 8.77. The van der Waals surface area contributed by atoms with Crippen LogP contribution in [-0.2, 0) is 6.42 Å². The number of fused-ring (bicyclic) bond motifs is 5. The van der Waals surface area contributed by atoms with Crippen LogP contribution in [0.2, 0.25) is 0 Å². The number of carbonyl (C=O) groups excluding carboxylic acids is 1. The van der Waals surface area contributed by atoms with E-state index in [1.807, 2.05) is 24.3 Å². The van der Waals surface area contributed by atoms with Crippen molar-refractivity contribution < 1.29 is 36.6 Å². The lowest BCUT2D eigenvalue weighted by atomic mass is 9.52. The highest BCUT2D eigenvalue weighted by atomic mass is 32.2. The molecule has 0 bridgehead atoms. The van der Waals surface area contributed by atoms with E-state index in [1.165, 1.54) is 29.3 Å². The minimum absolute atomic E-state index is 0.00545. The van der Waals surface area contributed by atoms with E-state index in [2.05, 4.69) is 19.1 Å². The minimum atomic E-state index is -5.45. The van der Waals surface area contributed by atoms with Gasteiger partial charge in [-0.15, -0.1) is 0 Å². The van der Waals surface area contributed by atoms with Gasteiger partial charge < -0.3 is 9.84 Å². The molecule has 0 unspecified atom stereocenters. The third-order valence-electron chi connectivity index (χ3n) is 11.6. The van der Waals surface area contributed by atoms with E-state index in [9.17, 15) is 31.9 Å². The molecular formula is C39H51F5O3S. The standard InChI is InChI=1S/C39H51F5O3S/c1-37-22-20-32-31-17-16-30(47-36(46)27-13-9-7-10-14-27)26-29(31)25-28(35(32)33(37)18-19-34(37)45)15-8-5-3-2-4-6-11-23-48-24-12-21-38(40,41)39(42,43)44/h7,9-10,13-14,16-17,26,28,32-35,45H,2-6,8,11-12,15,18-25H2,1H3/t28-,32-,33+,34+,35-,37+/m1/s1. The summed E-state index contributed by atoms with van der Waals surface area (Å²) in [7, 11) is 0. The van der Waals surface area contributed by atoms with E-state index in [4.69, 9.17) is 4.74 Å². The van der Waals surface area contributed by atoms with Gasteiger partial charge in [0.05, 0.1) is 11.7 Å². The van der Waals surface area contributed by atoms with Crippen LogP contribution < -0.4 is 4.74 Å². The molecule has 3 aliphatic carbocycles. The molecule has 0 aliphatic heterocycles. The number of halogens is 5. The summed E-state index contributed by atoms with van der Waals surface area (Å²) in [6.45, 7) is 2.31. The maximum Gasteiger partial charge on any atom is 0.453 e. The van der Waals surface area contributed by atoms with E-state index in [-0.39, 0.29) is 23.9 Å². The quantitative estimate of drug-likeness (QED) is 0.0822. The van der Waals surface area contributed by atoms with E-state index >= 15 is 0 Å². The van der Waals surface area contributed by atoms with Gasteiger partial charge in [0.25, 0.3) is 0 Å². The van der Waals surface area contributed by atoms with Crippen LogP contribution in [0.25, 0.3) is 0 Å². The Morgan fingerprint density at radius 1 is 0.896 bits per heavy atom. The maximum absolute atomic E-state index is 13.0. The zero-order valence-corrected chi connectivity index (χ0v) is 28.9. The fraction of sp³-hybridized carbons (Fsp3) is 0.667. The number of benzene rings is 2. The Labute approximate surface area is 286 Å². The Balaban J connectivity index is 1.08. The summed E-state index contributed by atoms with van der Waals surface area (Å²) in [5, 5.41) is 11.0. The van der Waals surface area contributed by atoms with Crippen molar-refractivity contribution >= 4 is 17.7 Å². The topological polar surface area (TPSA) is 46.5 Å². The van der Waals surface area contributed by atoms with Crippen LogP contribution in [0.5, 0.6) is 5.75 Å². The summed E-state index contributed by atoms with van der Waals surface area (Å²) in [4.78, 5) is 12.8. The molecule has 266 valence electrons. The van der Waals surface area contributed by atoms with E-state index < -0.39 is 18.5 Å². The number of unbranched alkanes of at least 4 members (excludes halogenated alkanes) is 6. The van der Waals surface area contributed by atoms with Gasteiger partial charge in [0.2, 0.25) is 0 Å². The van der Waals surface area contributed by atoms with E-state index in [1.54, 1.807) is 12.1 Å². The lowest BCUT2D eigenvalue weighted by Gasteiger charge is -2.53. The number of esters is 1. The molecule has 3 aliphatic rings. The van der Waals surface area contributed by atoms with Crippen LogP contribution in [0.1, 0.15) is 124 Å². The lowest BCUT2D eigenvalue weighted by molar-refractivity contribution is -0.284. The lowest BCUT2D eigenvalue weighted by Crippen LogP contribution is -2.47. The number of hydrogen-bond donors (Lipinski definition) is 1. The van der Waals surface area contributed by atoms with Crippen molar-refractivity contribution in [1.29, 1.82) is 0 Å². The number of rotatable bonds is 16. The summed E-state index contributed by atoms with van der Waals surface area (Å²) >= 11 is 1.46. The van der Waals surface area contributed by atoms with Crippen molar-refractivity contribution in [2.75, 3.05) is 11.5 Å². The predicted molar refractivity (Wildman–Crippen MR) is 182 cm³/mol.